The molecule has 0 spiro atoms. The monoisotopic (exact) mass is 318 g/mol. The summed E-state index contributed by atoms with van der Waals surface area (Å²) in [5, 5.41) is 5.80. The number of hydrogen-bond acceptors (Lipinski definition) is 2. The summed E-state index contributed by atoms with van der Waals surface area (Å²) in [5.74, 6) is 0. The van der Waals surface area contributed by atoms with Crippen LogP contribution in [0.4, 0.5) is 15.3 Å². The molecule has 6 nitrogen and oxygen atoms in total. The van der Waals surface area contributed by atoms with Crippen LogP contribution in [-0.4, -0.2) is 54.1 Å². The zero-order valence-corrected chi connectivity index (χ0v) is 13.9. The Balaban J connectivity index is 1.76. The second-order valence-corrected chi connectivity index (χ2v) is 5.68. The summed E-state index contributed by atoms with van der Waals surface area (Å²) >= 11 is 0. The summed E-state index contributed by atoms with van der Waals surface area (Å²) < 4.78 is 0. The molecule has 1 aliphatic rings. The number of carbonyl (C=O) groups is 2. The molecule has 0 unspecified atom stereocenters. The number of amides is 4. The van der Waals surface area contributed by atoms with Crippen LogP contribution in [0.3, 0.4) is 0 Å². The van der Waals surface area contributed by atoms with E-state index in [1.165, 1.54) is 0 Å². The Morgan fingerprint density at radius 1 is 1.13 bits per heavy atom. The number of anilines is 1. The first-order valence-corrected chi connectivity index (χ1v) is 8.30. The molecule has 1 heterocycles. The Labute approximate surface area is 137 Å². The maximum Gasteiger partial charge on any atom is 0.319 e. The minimum absolute atomic E-state index is 0.0992. The lowest BCUT2D eigenvalue weighted by Gasteiger charge is -2.35. The van der Waals surface area contributed by atoms with E-state index in [-0.39, 0.29) is 18.1 Å². The number of hydrogen-bond donors (Lipinski definition) is 2. The molecule has 1 saturated heterocycles. The summed E-state index contributed by atoms with van der Waals surface area (Å²) in [6.45, 7) is 6.81. The Hall–Kier alpha value is -2.24. The molecule has 0 atom stereocenters. The van der Waals surface area contributed by atoms with Crippen molar-refractivity contribution in [2.45, 2.75) is 32.7 Å². The maximum atomic E-state index is 12.3. The molecular formula is C17H26N4O2. The lowest BCUT2D eigenvalue weighted by molar-refractivity contribution is 0.141. The van der Waals surface area contributed by atoms with Crippen LogP contribution in [0.5, 0.6) is 0 Å². The predicted octanol–water partition coefficient (Wildman–Crippen LogP) is 2.73. The molecule has 0 saturated carbocycles. The van der Waals surface area contributed by atoms with Crippen molar-refractivity contribution in [1.29, 1.82) is 0 Å². The Bertz CT molecular complexity index is 509. The van der Waals surface area contributed by atoms with Crippen molar-refractivity contribution in [3.63, 3.8) is 0 Å². The molecule has 1 aromatic rings. The lowest BCUT2D eigenvalue weighted by Crippen LogP contribution is -2.51. The number of rotatable bonds is 4. The molecule has 0 bridgehead atoms. The van der Waals surface area contributed by atoms with Gasteiger partial charge in [-0.2, -0.15) is 0 Å². The van der Waals surface area contributed by atoms with Gasteiger partial charge in [-0.25, -0.2) is 9.59 Å². The van der Waals surface area contributed by atoms with Crippen LogP contribution in [0.1, 0.15) is 26.7 Å². The fourth-order valence-corrected chi connectivity index (χ4v) is 2.78. The van der Waals surface area contributed by atoms with E-state index < -0.39 is 0 Å². The van der Waals surface area contributed by atoms with Gasteiger partial charge in [-0.05, 0) is 38.8 Å². The van der Waals surface area contributed by atoms with Crippen molar-refractivity contribution in [3.8, 4) is 0 Å². The topological polar surface area (TPSA) is 64.7 Å². The molecule has 1 aliphatic heterocycles. The molecule has 2 rings (SSSR count). The smallest absolute Gasteiger partial charge is 0.319 e. The third-order valence-electron chi connectivity index (χ3n) is 4.17. The molecular weight excluding hydrogens is 292 g/mol. The van der Waals surface area contributed by atoms with Crippen LogP contribution in [0, 0.1) is 0 Å². The van der Waals surface area contributed by atoms with Crippen LogP contribution in [0.15, 0.2) is 30.3 Å². The molecule has 0 radical (unpaired) electrons. The van der Waals surface area contributed by atoms with Crippen LogP contribution in [0.25, 0.3) is 0 Å². The molecule has 0 aliphatic carbocycles. The van der Waals surface area contributed by atoms with Crippen molar-refractivity contribution in [1.82, 2.24) is 15.1 Å². The number of urea groups is 2. The normalized spacial score (nSPS) is 15.1. The Morgan fingerprint density at radius 3 is 2.30 bits per heavy atom. The zero-order valence-electron chi connectivity index (χ0n) is 13.9. The second-order valence-electron chi connectivity index (χ2n) is 5.68. The van der Waals surface area contributed by atoms with Crippen molar-refractivity contribution < 1.29 is 9.59 Å². The van der Waals surface area contributed by atoms with Crippen molar-refractivity contribution in [2.24, 2.45) is 0 Å². The van der Waals surface area contributed by atoms with Gasteiger partial charge in [-0.15, -0.1) is 0 Å². The van der Waals surface area contributed by atoms with Gasteiger partial charge in [-0.1, -0.05) is 18.2 Å². The van der Waals surface area contributed by atoms with Gasteiger partial charge in [0.15, 0.2) is 0 Å². The van der Waals surface area contributed by atoms with E-state index in [1.807, 2.05) is 54.0 Å². The molecule has 6 heteroatoms. The fraction of sp³-hybridized carbons (Fsp3) is 0.529. The van der Waals surface area contributed by atoms with E-state index in [0.717, 1.165) is 31.6 Å². The average Bonchev–Trinajstić information content (AvgIpc) is 2.57. The Kier molecular flexibility index (Phi) is 6.26. The minimum atomic E-state index is -0.190. The number of piperidine rings is 1. The number of nitrogens with one attached hydrogen (secondary N) is 2. The van der Waals surface area contributed by atoms with E-state index in [1.54, 1.807) is 0 Å². The number of benzene rings is 1. The third kappa shape index (κ3) is 4.87. The number of nitrogens with zero attached hydrogens (tertiary/aromatic N) is 2. The largest absolute Gasteiger partial charge is 0.335 e. The number of carbonyl (C=O) groups excluding carboxylic acids is 2. The Morgan fingerprint density at radius 2 is 1.74 bits per heavy atom. The molecule has 1 fully saturated rings. The maximum absolute atomic E-state index is 12.3. The van der Waals surface area contributed by atoms with Crippen LogP contribution in [-0.2, 0) is 0 Å². The fourth-order valence-electron chi connectivity index (χ4n) is 2.78. The highest BCUT2D eigenvalue weighted by molar-refractivity contribution is 5.89. The van der Waals surface area contributed by atoms with Crippen LogP contribution < -0.4 is 10.6 Å². The predicted molar refractivity (Wildman–Crippen MR) is 91.5 cm³/mol. The summed E-state index contributed by atoms with van der Waals surface area (Å²) in [6, 6.07) is 9.40. The summed E-state index contributed by atoms with van der Waals surface area (Å²) in [5.41, 5.74) is 0.777. The van der Waals surface area contributed by atoms with Crippen LogP contribution in [0.2, 0.25) is 0 Å². The minimum Gasteiger partial charge on any atom is -0.335 e. The van der Waals surface area contributed by atoms with E-state index in [2.05, 4.69) is 10.6 Å². The second kappa shape index (κ2) is 8.41. The third-order valence-corrected chi connectivity index (χ3v) is 4.17. The molecule has 0 aromatic heterocycles. The molecule has 2 N–H and O–H groups in total. The quantitative estimate of drug-likeness (QED) is 0.896. The van der Waals surface area contributed by atoms with E-state index in [4.69, 9.17) is 0 Å². The van der Waals surface area contributed by atoms with Gasteiger partial charge in [-0.3, -0.25) is 0 Å². The molecule has 126 valence electrons. The average molecular weight is 318 g/mol. The van der Waals surface area contributed by atoms with E-state index in [0.29, 0.717) is 13.1 Å². The highest BCUT2D eigenvalue weighted by Crippen LogP contribution is 2.13. The van der Waals surface area contributed by atoms with Gasteiger partial charge in [0.2, 0.25) is 0 Å². The van der Waals surface area contributed by atoms with E-state index in [9.17, 15) is 9.59 Å². The molecule has 1 aromatic carbocycles. The van der Waals surface area contributed by atoms with Crippen LogP contribution >= 0.6 is 0 Å². The van der Waals surface area contributed by atoms with Crippen molar-refractivity contribution >= 4 is 17.7 Å². The van der Waals surface area contributed by atoms with Gasteiger partial charge >= 0.3 is 12.1 Å². The van der Waals surface area contributed by atoms with Gasteiger partial charge < -0.3 is 20.4 Å². The van der Waals surface area contributed by atoms with Crippen molar-refractivity contribution in [3.05, 3.63) is 30.3 Å². The lowest BCUT2D eigenvalue weighted by atomic mass is 10.1. The van der Waals surface area contributed by atoms with Gasteiger partial charge in [0.05, 0.1) is 0 Å². The first kappa shape index (κ1) is 17.1. The number of para-hydroxylation sites is 1. The standard InChI is InChI=1S/C17H26N4O2/c1-3-20(4-2)17(23)21-12-10-15(11-13-21)19-16(22)18-14-8-6-5-7-9-14/h5-9,15H,3-4,10-13H2,1-2H3,(H2,18,19,22). The number of likely N-dealkylation sites (tertiary alicyclic amines) is 1. The van der Waals surface area contributed by atoms with Gasteiger partial charge in [0.1, 0.15) is 0 Å². The van der Waals surface area contributed by atoms with Gasteiger partial charge in [0, 0.05) is 37.9 Å². The first-order chi connectivity index (χ1) is 11.1. The zero-order chi connectivity index (χ0) is 16.7. The highest BCUT2D eigenvalue weighted by atomic mass is 16.2. The van der Waals surface area contributed by atoms with Crippen molar-refractivity contribution in [2.75, 3.05) is 31.5 Å². The summed E-state index contributed by atoms with van der Waals surface area (Å²) in [6.07, 6.45) is 1.57. The molecule has 4 amide bonds. The summed E-state index contributed by atoms with van der Waals surface area (Å²) in [4.78, 5) is 28.0. The highest BCUT2D eigenvalue weighted by Gasteiger charge is 2.25. The SMILES string of the molecule is CCN(CC)C(=O)N1CCC(NC(=O)Nc2ccccc2)CC1. The molecule has 23 heavy (non-hydrogen) atoms. The van der Waals surface area contributed by atoms with E-state index >= 15 is 0 Å². The van der Waals surface area contributed by atoms with Gasteiger partial charge in [0.25, 0.3) is 0 Å². The summed E-state index contributed by atoms with van der Waals surface area (Å²) in [7, 11) is 0. The first-order valence-electron chi connectivity index (χ1n) is 8.30.